The molecule has 36 heavy (non-hydrogen) atoms. The van der Waals surface area contributed by atoms with Gasteiger partial charge in [0, 0.05) is 32.2 Å². The SMILES string of the molecule is CCC(C)C(C(=O)Nc1ccc(Br)cc1F)N1C(=O)c2ccccc2C1c1c(C)[nH]c2ccccc12. The summed E-state index contributed by atoms with van der Waals surface area (Å²) >= 11 is 3.25. The fourth-order valence-corrected chi connectivity index (χ4v) is 5.58. The van der Waals surface area contributed by atoms with Crippen molar-refractivity contribution in [3.63, 3.8) is 0 Å². The molecule has 5 rings (SSSR count). The Labute approximate surface area is 217 Å². The summed E-state index contributed by atoms with van der Waals surface area (Å²) in [7, 11) is 0. The van der Waals surface area contributed by atoms with Crippen LogP contribution in [-0.4, -0.2) is 27.7 Å². The van der Waals surface area contributed by atoms with Gasteiger partial charge in [0.05, 0.1) is 11.7 Å². The van der Waals surface area contributed by atoms with E-state index in [-0.39, 0.29) is 17.5 Å². The number of halogens is 2. The van der Waals surface area contributed by atoms with Gasteiger partial charge in [-0.2, -0.15) is 0 Å². The number of amides is 2. The monoisotopic (exact) mass is 547 g/mol. The third-order valence-electron chi connectivity index (χ3n) is 7.16. The molecule has 7 heteroatoms. The van der Waals surface area contributed by atoms with Crippen molar-refractivity contribution >= 4 is 44.3 Å². The highest BCUT2D eigenvalue weighted by atomic mass is 79.9. The molecule has 2 amide bonds. The molecule has 0 fully saturated rings. The van der Waals surface area contributed by atoms with Crippen LogP contribution in [0.4, 0.5) is 10.1 Å². The Hall–Kier alpha value is -3.45. The van der Waals surface area contributed by atoms with Gasteiger partial charge in [-0.05, 0) is 48.7 Å². The minimum Gasteiger partial charge on any atom is -0.358 e. The lowest BCUT2D eigenvalue weighted by Crippen LogP contribution is -2.50. The smallest absolute Gasteiger partial charge is 0.255 e. The fraction of sp³-hybridized carbons (Fsp3) is 0.241. The van der Waals surface area contributed by atoms with Crippen LogP contribution >= 0.6 is 15.9 Å². The molecule has 5 nitrogen and oxygen atoms in total. The Balaban J connectivity index is 1.65. The Morgan fingerprint density at radius 1 is 1.14 bits per heavy atom. The van der Waals surface area contributed by atoms with Crippen LogP contribution in [0.25, 0.3) is 10.9 Å². The van der Waals surface area contributed by atoms with Gasteiger partial charge in [-0.25, -0.2) is 4.39 Å². The largest absolute Gasteiger partial charge is 0.358 e. The van der Waals surface area contributed by atoms with Gasteiger partial charge < -0.3 is 15.2 Å². The first-order chi connectivity index (χ1) is 17.3. The molecule has 1 aliphatic rings. The van der Waals surface area contributed by atoms with Crippen LogP contribution in [0.3, 0.4) is 0 Å². The highest BCUT2D eigenvalue weighted by Gasteiger charge is 2.46. The first-order valence-corrected chi connectivity index (χ1v) is 12.9. The number of aromatic nitrogens is 1. The van der Waals surface area contributed by atoms with Crippen molar-refractivity contribution in [3.8, 4) is 0 Å². The Bertz CT molecular complexity index is 1480. The lowest BCUT2D eigenvalue weighted by molar-refractivity contribution is -0.122. The maximum absolute atomic E-state index is 14.6. The number of carbonyl (C=O) groups excluding carboxylic acids is 2. The van der Waals surface area contributed by atoms with Crippen LogP contribution < -0.4 is 5.32 Å². The summed E-state index contributed by atoms with van der Waals surface area (Å²) in [4.78, 5) is 32.9. The molecule has 3 atom stereocenters. The number of hydrogen-bond donors (Lipinski definition) is 2. The van der Waals surface area contributed by atoms with Crippen LogP contribution in [0, 0.1) is 18.7 Å². The van der Waals surface area contributed by atoms with E-state index in [2.05, 4.69) is 26.2 Å². The lowest BCUT2D eigenvalue weighted by atomic mass is 9.91. The van der Waals surface area contributed by atoms with E-state index < -0.39 is 23.8 Å². The molecule has 0 aliphatic carbocycles. The van der Waals surface area contributed by atoms with Crippen molar-refractivity contribution in [1.82, 2.24) is 9.88 Å². The van der Waals surface area contributed by atoms with Crippen LogP contribution in [0.2, 0.25) is 0 Å². The molecule has 1 aromatic heterocycles. The van der Waals surface area contributed by atoms with Gasteiger partial charge in [-0.15, -0.1) is 0 Å². The second-order valence-electron chi connectivity index (χ2n) is 9.36. The summed E-state index contributed by atoms with van der Waals surface area (Å²) in [6.45, 7) is 5.94. The van der Waals surface area contributed by atoms with Crippen molar-refractivity contribution in [2.45, 2.75) is 39.3 Å². The second-order valence-corrected chi connectivity index (χ2v) is 10.3. The van der Waals surface area contributed by atoms with Gasteiger partial charge in [0.2, 0.25) is 5.91 Å². The molecule has 0 saturated heterocycles. The van der Waals surface area contributed by atoms with Crippen molar-refractivity contribution in [2.75, 3.05) is 5.32 Å². The number of aryl methyl sites for hydroxylation is 1. The van der Waals surface area contributed by atoms with E-state index >= 15 is 0 Å². The number of anilines is 1. The molecule has 0 saturated carbocycles. The molecule has 2 heterocycles. The van der Waals surface area contributed by atoms with E-state index in [1.54, 1.807) is 11.0 Å². The van der Waals surface area contributed by atoms with Crippen molar-refractivity contribution < 1.29 is 14.0 Å². The second kappa shape index (κ2) is 9.54. The number of H-pyrrole nitrogens is 1. The number of nitrogens with one attached hydrogen (secondary N) is 2. The van der Waals surface area contributed by atoms with Crippen LogP contribution in [0.15, 0.2) is 71.2 Å². The zero-order valence-corrected chi connectivity index (χ0v) is 21.9. The standard InChI is InChI=1S/C29H27BrFN3O2/c1-4-16(2)26(28(35)33-24-14-13-18(30)15-22(24)31)34-27(19-9-5-6-10-20(19)29(34)36)25-17(3)32-23-12-8-7-11-21(23)25/h5-16,26-27,32H,4H2,1-3H3,(H,33,35). The summed E-state index contributed by atoms with van der Waals surface area (Å²) in [5.41, 5.74) is 4.43. The zero-order valence-electron chi connectivity index (χ0n) is 20.3. The maximum Gasteiger partial charge on any atom is 0.255 e. The third-order valence-corrected chi connectivity index (χ3v) is 7.65. The van der Waals surface area contributed by atoms with E-state index in [0.717, 1.165) is 27.7 Å². The third kappa shape index (κ3) is 4.01. The number of fused-ring (bicyclic) bond motifs is 2. The number of nitrogens with zero attached hydrogens (tertiary/aromatic N) is 1. The molecule has 184 valence electrons. The van der Waals surface area contributed by atoms with Gasteiger partial charge in [-0.3, -0.25) is 9.59 Å². The summed E-state index contributed by atoms with van der Waals surface area (Å²) in [6, 6.07) is 18.8. The van der Waals surface area contributed by atoms with E-state index in [1.165, 1.54) is 12.1 Å². The van der Waals surface area contributed by atoms with Crippen LogP contribution in [0.5, 0.6) is 0 Å². The molecule has 4 aromatic rings. The molecule has 2 N–H and O–H groups in total. The Kier molecular flexibility index (Phi) is 6.43. The van der Waals surface area contributed by atoms with E-state index in [4.69, 9.17) is 0 Å². The highest BCUT2D eigenvalue weighted by Crippen LogP contribution is 2.45. The predicted molar refractivity (Wildman–Crippen MR) is 143 cm³/mol. The maximum atomic E-state index is 14.6. The van der Waals surface area contributed by atoms with Gasteiger partial charge >= 0.3 is 0 Å². The quantitative estimate of drug-likeness (QED) is 0.273. The van der Waals surface area contributed by atoms with Crippen LogP contribution in [0.1, 0.15) is 53.5 Å². The fourth-order valence-electron chi connectivity index (χ4n) is 5.25. The summed E-state index contributed by atoms with van der Waals surface area (Å²) in [5.74, 6) is -1.32. The minimum absolute atomic E-state index is 0.0838. The average molecular weight is 548 g/mol. The lowest BCUT2D eigenvalue weighted by Gasteiger charge is -2.36. The van der Waals surface area contributed by atoms with Gasteiger partial charge in [0.15, 0.2) is 0 Å². The average Bonchev–Trinajstić information content (AvgIpc) is 3.34. The number of carbonyl (C=O) groups is 2. The molecule has 0 radical (unpaired) electrons. The normalized spacial score (nSPS) is 16.8. The Morgan fingerprint density at radius 2 is 1.86 bits per heavy atom. The predicted octanol–water partition coefficient (Wildman–Crippen LogP) is 6.98. The number of para-hydroxylation sites is 1. The van der Waals surface area contributed by atoms with Crippen LogP contribution in [-0.2, 0) is 4.79 Å². The van der Waals surface area contributed by atoms with E-state index in [0.29, 0.717) is 16.5 Å². The van der Waals surface area contributed by atoms with Crippen molar-refractivity contribution in [2.24, 2.45) is 5.92 Å². The number of aromatic amines is 1. The molecular formula is C29H27BrFN3O2. The molecule has 3 aromatic carbocycles. The van der Waals surface area contributed by atoms with E-state index in [1.807, 2.05) is 69.3 Å². The van der Waals surface area contributed by atoms with Gasteiger partial charge in [0.1, 0.15) is 11.9 Å². The summed E-state index contributed by atoms with van der Waals surface area (Å²) in [6.07, 6.45) is 0.667. The topological polar surface area (TPSA) is 65.2 Å². The van der Waals surface area contributed by atoms with Gasteiger partial charge in [0.25, 0.3) is 5.91 Å². The summed E-state index contributed by atoms with van der Waals surface area (Å²) < 4.78 is 15.2. The number of benzene rings is 3. The summed E-state index contributed by atoms with van der Waals surface area (Å²) in [5, 5.41) is 3.77. The molecule has 0 spiro atoms. The molecular weight excluding hydrogens is 521 g/mol. The van der Waals surface area contributed by atoms with Crippen molar-refractivity contribution in [3.05, 3.63) is 99.4 Å². The number of rotatable bonds is 6. The van der Waals surface area contributed by atoms with E-state index in [9.17, 15) is 14.0 Å². The van der Waals surface area contributed by atoms with Crippen molar-refractivity contribution in [1.29, 1.82) is 0 Å². The van der Waals surface area contributed by atoms with Gasteiger partial charge in [-0.1, -0.05) is 72.6 Å². The number of hydrogen-bond acceptors (Lipinski definition) is 2. The molecule has 3 unspecified atom stereocenters. The first kappa shape index (κ1) is 24.3. The zero-order chi connectivity index (χ0) is 25.6. The molecule has 1 aliphatic heterocycles. The minimum atomic E-state index is -0.809. The highest BCUT2D eigenvalue weighted by molar-refractivity contribution is 9.10. The molecule has 0 bridgehead atoms. The first-order valence-electron chi connectivity index (χ1n) is 12.1. The Morgan fingerprint density at radius 3 is 2.61 bits per heavy atom.